The van der Waals surface area contributed by atoms with Crippen LogP contribution in [0.4, 0.5) is 0 Å². The molecule has 4 N–H and O–H groups in total. The second-order valence-electron chi connectivity index (χ2n) is 6.64. The van der Waals surface area contributed by atoms with Crippen LogP contribution in [-0.2, 0) is 13.8 Å². The van der Waals surface area contributed by atoms with Crippen molar-refractivity contribution in [2.24, 2.45) is 0 Å². The van der Waals surface area contributed by atoms with Gasteiger partial charge in [-0.05, 0) is 26.2 Å². The molecule has 0 aliphatic carbocycles. The molecule has 1 heterocycles. The van der Waals surface area contributed by atoms with Gasteiger partial charge in [-0.3, -0.25) is 9.09 Å². The third-order valence-corrected chi connectivity index (χ3v) is 7.23. The smallest absolute Gasteiger partial charge is 0.359 e. The lowest BCUT2D eigenvalue weighted by Crippen LogP contribution is -2.41. The van der Waals surface area contributed by atoms with Crippen molar-refractivity contribution < 1.29 is 34.0 Å². The SMILES string of the molecule is B[C@@H]1O[C@H](CC(CC)(CC)OP(=O)(O)C(C)(O)CC)C(O)[C@@H]1O. The summed E-state index contributed by atoms with van der Waals surface area (Å²) in [5.74, 6) is 0. The van der Waals surface area contributed by atoms with Crippen molar-refractivity contribution >= 4 is 15.4 Å². The molecule has 1 rings (SSSR count). The first kappa shape index (κ1) is 21.1. The monoisotopic (exact) mass is 352 g/mol. The molecule has 9 heteroatoms. The Morgan fingerprint density at radius 1 is 1.17 bits per heavy atom. The highest BCUT2D eigenvalue weighted by molar-refractivity contribution is 7.54. The van der Waals surface area contributed by atoms with Crippen LogP contribution >= 0.6 is 7.60 Å². The summed E-state index contributed by atoms with van der Waals surface area (Å²) in [6.07, 6.45) is -1.71. The topological polar surface area (TPSA) is 116 Å². The molecule has 1 aliphatic rings. The number of aliphatic hydroxyl groups excluding tert-OH is 2. The molecular weight excluding hydrogens is 322 g/mol. The van der Waals surface area contributed by atoms with Gasteiger partial charge in [0.05, 0.1) is 17.7 Å². The van der Waals surface area contributed by atoms with Crippen LogP contribution in [0.2, 0.25) is 0 Å². The third kappa shape index (κ3) is 4.37. The van der Waals surface area contributed by atoms with Crippen LogP contribution in [0.5, 0.6) is 0 Å². The van der Waals surface area contributed by atoms with Crippen LogP contribution in [0.15, 0.2) is 0 Å². The van der Waals surface area contributed by atoms with Gasteiger partial charge in [0, 0.05) is 6.42 Å². The molecule has 0 aromatic carbocycles. The number of hydrogen-bond acceptors (Lipinski definition) is 6. The number of ether oxygens (including phenoxy) is 1. The molecule has 3 unspecified atom stereocenters. The largest absolute Gasteiger partial charge is 0.388 e. The highest BCUT2D eigenvalue weighted by Crippen LogP contribution is 2.59. The number of rotatable bonds is 8. The zero-order valence-corrected chi connectivity index (χ0v) is 15.5. The highest BCUT2D eigenvalue weighted by atomic mass is 31.2. The molecule has 136 valence electrons. The van der Waals surface area contributed by atoms with Crippen LogP contribution in [0, 0.1) is 0 Å². The molecule has 23 heavy (non-hydrogen) atoms. The second kappa shape index (κ2) is 7.52. The van der Waals surface area contributed by atoms with Gasteiger partial charge in [-0.1, -0.05) is 20.8 Å². The van der Waals surface area contributed by atoms with Crippen LogP contribution in [0.25, 0.3) is 0 Å². The highest BCUT2D eigenvalue weighted by Gasteiger charge is 2.50. The van der Waals surface area contributed by atoms with Gasteiger partial charge >= 0.3 is 7.60 Å². The maximum atomic E-state index is 12.5. The summed E-state index contributed by atoms with van der Waals surface area (Å²) in [6.45, 7) is 6.50. The fraction of sp³-hybridized carbons (Fsp3) is 1.00. The van der Waals surface area contributed by atoms with Crippen LogP contribution in [-0.4, -0.2) is 63.3 Å². The predicted octanol–water partition coefficient (Wildman–Crippen LogP) is 0.336. The Labute approximate surface area is 138 Å². The normalized spacial score (nSPS) is 34.1. The van der Waals surface area contributed by atoms with Gasteiger partial charge in [-0.15, -0.1) is 0 Å². The van der Waals surface area contributed by atoms with Crippen LogP contribution in [0.1, 0.15) is 53.4 Å². The van der Waals surface area contributed by atoms with E-state index in [1.54, 1.807) is 14.8 Å². The number of hydrogen-bond donors (Lipinski definition) is 4. The van der Waals surface area contributed by atoms with E-state index in [-0.39, 0.29) is 12.8 Å². The van der Waals surface area contributed by atoms with E-state index < -0.39 is 42.9 Å². The van der Waals surface area contributed by atoms with Gasteiger partial charge in [0.1, 0.15) is 20.1 Å². The lowest BCUT2D eigenvalue weighted by atomic mass is 9.87. The Morgan fingerprint density at radius 2 is 1.70 bits per heavy atom. The molecule has 0 aromatic heterocycles. The molecule has 0 spiro atoms. The second-order valence-corrected chi connectivity index (χ2v) is 8.82. The first-order valence-corrected chi connectivity index (χ1v) is 9.80. The molecule has 1 aliphatic heterocycles. The van der Waals surface area contributed by atoms with Gasteiger partial charge in [0.15, 0.2) is 5.34 Å². The number of aliphatic hydroxyl groups is 3. The van der Waals surface area contributed by atoms with E-state index in [0.29, 0.717) is 12.8 Å². The maximum Gasteiger partial charge on any atom is 0.359 e. The average Bonchev–Trinajstić information content (AvgIpc) is 2.73. The van der Waals surface area contributed by atoms with Crippen molar-refractivity contribution in [2.75, 3.05) is 0 Å². The van der Waals surface area contributed by atoms with Crippen molar-refractivity contribution in [3.05, 3.63) is 0 Å². The minimum Gasteiger partial charge on any atom is -0.388 e. The standard InChI is InChI=1S/C14H30BO7P/c1-5-13(4,18)23(19,20)22-14(6-2,7-3)8-9-10(16)11(17)12(15)21-9/h9-12,16-18H,5-8,15H2,1-4H3,(H,19,20)/t9-,10?,11+,12-,13?/m1/s1. The summed E-state index contributed by atoms with van der Waals surface area (Å²) in [7, 11) is -2.64. The van der Waals surface area contributed by atoms with Gasteiger partial charge in [0.2, 0.25) is 0 Å². The molecule has 0 radical (unpaired) electrons. The minimum absolute atomic E-state index is 0.0720. The van der Waals surface area contributed by atoms with E-state index in [0.717, 1.165) is 0 Å². The Balaban J connectivity index is 2.98. The third-order valence-electron chi connectivity index (χ3n) is 5.06. The van der Waals surface area contributed by atoms with Crippen LogP contribution in [0.3, 0.4) is 0 Å². The van der Waals surface area contributed by atoms with E-state index in [9.17, 15) is 24.8 Å². The summed E-state index contributed by atoms with van der Waals surface area (Å²) in [6, 6.07) is -0.513. The van der Waals surface area contributed by atoms with Crippen LogP contribution < -0.4 is 0 Å². The quantitative estimate of drug-likeness (QED) is 0.368. The molecule has 6 atom stereocenters. The van der Waals surface area contributed by atoms with Crippen molar-refractivity contribution in [2.45, 2.75) is 88.6 Å². The lowest BCUT2D eigenvalue weighted by Gasteiger charge is -2.39. The predicted molar refractivity (Wildman–Crippen MR) is 89.0 cm³/mol. The summed E-state index contributed by atoms with van der Waals surface area (Å²) >= 11 is 0. The Hall–Kier alpha value is 0.0549. The first-order chi connectivity index (χ1) is 10.4. The zero-order valence-electron chi connectivity index (χ0n) is 14.6. The lowest BCUT2D eigenvalue weighted by molar-refractivity contribution is -0.0540. The minimum atomic E-state index is -4.30. The van der Waals surface area contributed by atoms with E-state index >= 15 is 0 Å². The van der Waals surface area contributed by atoms with E-state index in [2.05, 4.69) is 0 Å². The summed E-state index contributed by atoms with van der Waals surface area (Å²) in [4.78, 5) is 10.2. The fourth-order valence-electron chi connectivity index (χ4n) is 2.74. The molecule has 0 bridgehead atoms. The molecular formula is C14H30BO7P. The Morgan fingerprint density at radius 3 is 2.04 bits per heavy atom. The van der Waals surface area contributed by atoms with Crippen molar-refractivity contribution in [1.29, 1.82) is 0 Å². The van der Waals surface area contributed by atoms with Gasteiger partial charge in [-0.25, -0.2) is 0 Å². The fourth-order valence-corrected chi connectivity index (χ4v) is 4.19. The Kier molecular flexibility index (Phi) is 6.90. The van der Waals surface area contributed by atoms with Gasteiger partial charge in [0.25, 0.3) is 0 Å². The van der Waals surface area contributed by atoms with Crippen molar-refractivity contribution in [1.82, 2.24) is 0 Å². The summed E-state index contributed by atoms with van der Waals surface area (Å²) in [5.41, 5.74) is -1.03. The van der Waals surface area contributed by atoms with Crippen molar-refractivity contribution in [3.8, 4) is 0 Å². The van der Waals surface area contributed by atoms with Gasteiger partial charge < -0.3 is 24.9 Å². The maximum absolute atomic E-state index is 12.5. The van der Waals surface area contributed by atoms with E-state index in [4.69, 9.17) is 9.26 Å². The molecule has 1 fully saturated rings. The molecule has 0 amide bonds. The average molecular weight is 352 g/mol. The summed E-state index contributed by atoms with van der Waals surface area (Å²) < 4.78 is 23.6. The molecule has 0 aromatic rings. The van der Waals surface area contributed by atoms with E-state index in [1.165, 1.54) is 6.92 Å². The molecule has 1 saturated heterocycles. The van der Waals surface area contributed by atoms with Crippen molar-refractivity contribution in [3.63, 3.8) is 0 Å². The van der Waals surface area contributed by atoms with E-state index in [1.807, 2.05) is 13.8 Å². The first-order valence-electron chi connectivity index (χ1n) is 8.23. The molecule has 7 nitrogen and oxygen atoms in total. The Bertz CT molecular complexity index is 441. The summed E-state index contributed by atoms with van der Waals surface area (Å²) in [5, 5.41) is 28.2. The molecule has 0 saturated carbocycles. The van der Waals surface area contributed by atoms with Gasteiger partial charge in [-0.2, -0.15) is 0 Å². The zero-order chi connectivity index (χ0) is 18.1.